The second-order valence-corrected chi connectivity index (χ2v) is 5.15. The molecule has 0 heterocycles. The largest absolute Gasteiger partial charge is 0.481 e. The number of carboxylic acids is 2. The van der Waals surface area contributed by atoms with Crippen LogP contribution in [0.1, 0.15) is 26.2 Å². The molecule has 1 aliphatic carbocycles. The third kappa shape index (κ3) is 1.65. The van der Waals surface area contributed by atoms with Crippen molar-refractivity contribution >= 4 is 27.9 Å². The Balaban J connectivity index is 2.77. The Hall–Kier alpha value is -0.580. The van der Waals surface area contributed by atoms with Gasteiger partial charge < -0.3 is 10.2 Å². The Kier molecular flexibility index (Phi) is 3.19. The van der Waals surface area contributed by atoms with Crippen LogP contribution in [-0.4, -0.2) is 26.5 Å². The van der Waals surface area contributed by atoms with Crippen molar-refractivity contribution in [3.8, 4) is 0 Å². The normalized spacial score (nSPS) is 36.1. The van der Waals surface area contributed by atoms with Gasteiger partial charge >= 0.3 is 11.9 Å². The van der Waals surface area contributed by atoms with Crippen LogP contribution in [0.2, 0.25) is 0 Å². The summed E-state index contributed by atoms with van der Waals surface area (Å²) in [6, 6.07) is 0. The van der Waals surface area contributed by atoms with E-state index in [1.54, 1.807) is 0 Å². The van der Waals surface area contributed by atoms with Gasteiger partial charge in [0.15, 0.2) is 0 Å². The molecule has 0 amide bonds. The lowest BCUT2D eigenvalue weighted by Gasteiger charge is -2.46. The predicted octanol–water partition coefficient (Wildman–Crippen LogP) is 1.73. The summed E-state index contributed by atoms with van der Waals surface area (Å²) in [5.41, 5.74) is 0. The fraction of sp³-hybridized carbons (Fsp3) is 0.778. The summed E-state index contributed by atoms with van der Waals surface area (Å²) in [7, 11) is 0. The maximum absolute atomic E-state index is 10.9. The molecule has 1 saturated carbocycles. The van der Waals surface area contributed by atoms with Crippen molar-refractivity contribution < 1.29 is 19.8 Å². The lowest BCUT2D eigenvalue weighted by atomic mass is 9.63. The fourth-order valence-corrected chi connectivity index (χ4v) is 3.08. The highest BCUT2D eigenvalue weighted by Crippen LogP contribution is 2.52. The first-order valence-electron chi connectivity index (χ1n) is 4.58. The zero-order valence-electron chi connectivity index (χ0n) is 7.86. The van der Waals surface area contributed by atoms with Gasteiger partial charge in [-0.15, -0.1) is 0 Å². The summed E-state index contributed by atoms with van der Waals surface area (Å²) >= 11 is 3.03. The molecule has 3 atom stereocenters. The Labute approximate surface area is 90.4 Å². The lowest BCUT2D eigenvalue weighted by molar-refractivity contribution is -0.161. The van der Waals surface area contributed by atoms with Gasteiger partial charge in [-0.1, -0.05) is 29.3 Å². The monoisotopic (exact) mass is 264 g/mol. The van der Waals surface area contributed by atoms with Gasteiger partial charge in [-0.3, -0.25) is 9.59 Å². The van der Waals surface area contributed by atoms with E-state index in [0.29, 0.717) is 6.42 Å². The van der Waals surface area contributed by atoms with Crippen molar-refractivity contribution in [3.05, 3.63) is 0 Å². The molecule has 0 aromatic rings. The van der Waals surface area contributed by atoms with Crippen molar-refractivity contribution in [2.75, 3.05) is 0 Å². The summed E-state index contributed by atoms with van der Waals surface area (Å²) < 4.78 is -1.24. The van der Waals surface area contributed by atoms with Crippen molar-refractivity contribution in [3.63, 3.8) is 0 Å². The molecule has 0 spiro atoms. The summed E-state index contributed by atoms with van der Waals surface area (Å²) in [4.78, 5) is 21.8. The molecule has 0 saturated heterocycles. The van der Waals surface area contributed by atoms with E-state index in [-0.39, 0.29) is 5.92 Å². The summed E-state index contributed by atoms with van der Waals surface area (Å²) in [5, 5.41) is 17.8. The molecule has 1 fully saturated rings. The molecule has 4 nitrogen and oxygen atoms in total. The highest BCUT2D eigenvalue weighted by Gasteiger charge is 2.60. The van der Waals surface area contributed by atoms with Gasteiger partial charge in [-0.25, -0.2) is 0 Å². The zero-order valence-corrected chi connectivity index (χ0v) is 9.45. The molecule has 80 valence electrons. The number of rotatable bonds is 4. The van der Waals surface area contributed by atoms with Gasteiger partial charge in [0.05, 0.1) is 5.92 Å². The van der Waals surface area contributed by atoms with Crippen LogP contribution in [0.25, 0.3) is 0 Å². The SMILES string of the molecule is CCCC1CC(Br)(C(=O)O)C1C(=O)O. The summed E-state index contributed by atoms with van der Waals surface area (Å²) in [5.74, 6) is -2.89. The number of carboxylic acid groups (broad SMARTS) is 2. The number of carbonyl (C=O) groups is 2. The van der Waals surface area contributed by atoms with Crippen LogP contribution in [0.5, 0.6) is 0 Å². The molecule has 0 radical (unpaired) electrons. The highest BCUT2D eigenvalue weighted by atomic mass is 79.9. The number of hydrogen-bond donors (Lipinski definition) is 2. The van der Waals surface area contributed by atoms with Crippen LogP contribution in [-0.2, 0) is 9.59 Å². The highest BCUT2D eigenvalue weighted by molar-refractivity contribution is 9.10. The minimum atomic E-state index is -1.24. The van der Waals surface area contributed by atoms with Crippen LogP contribution in [0.15, 0.2) is 0 Å². The Bertz CT molecular complexity index is 266. The van der Waals surface area contributed by atoms with E-state index < -0.39 is 22.2 Å². The fourth-order valence-electron chi connectivity index (χ4n) is 2.10. The van der Waals surface area contributed by atoms with E-state index in [0.717, 1.165) is 12.8 Å². The van der Waals surface area contributed by atoms with Crippen molar-refractivity contribution in [1.82, 2.24) is 0 Å². The van der Waals surface area contributed by atoms with E-state index in [4.69, 9.17) is 10.2 Å². The molecule has 5 heteroatoms. The number of halogens is 1. The summed E-state index contributed by atoms with van der Waals surface area (Å²) in [6.45, 7) is 1.97. The lowest BCUT2D eigenvalue weighted by Crippen LogP contribution is -2.58. The second kappa shape index (κ2) is 3.88. The molecule has 1 rings (SSSR count). The zero-order chi connectivity index (χ0) is 10.9. The van der Waals surface area contributed by atoms with Crippen molar-refractivity contribution in [2.45, 2.75) is 30.5 Å². The first kappa shape index (κ1) is 11.5. The van der Waals surface area contributed by atoms with Crippen LogP contribution in [0.4, 0.5) is 0 Å². The first-order chi connectivity index (χ1) is 6.43. The van der Waals surface area contributed by atoms with E-state index in [9.17, 15) is 9.59 Å². The minimum Gasteiger partial charge on any atom is -0.481 e. The van der Waals surface area contributed by atoms with Gasteiger partial charge in [-0.2, -0.15) is 0 Å². The molecule has 0 aromatic heterocycles. The Morgan fingerprint density at radius 1 is 1.50 bits per heavy atom. The van der Waals surface area contributed by atoms with Crippen LogP contribution in [0.3, 0.4) is 0 Å². The molecule has 1 aliphatic rings. The molecule has 0 bridgehead atoms. The molecule has 0 aromatic carbocycles. The Morgan fingerprint density at radius 3 is 2.43 bits per heavy atom. The van der Waals surface area contributed by atoms with E-state index >= 15 is 0 Å². The Morgan fingerprint density at radius 2 is 2.07 bits per heavy atom. The van der Waals surface area contributed by atoms with Crippen LogP contribution >= 0.6 is 15.9 Å². The minimum absolute atomic E-state index is 0.00650. The topological polar surface area (TPSA) is 74.6 Å². The smallest absolute Gasteiger partial charge is 0.321 e. The van der Waals surface area contributed by atoms with Crippen LogP contribution < -0.4 is 0 Å². The third-order valence-electron chi connectivity index (χ3n) is 2.80. The first-order valence-corrected chi connectivity index (χ1v) is 5.38. The maximum Gasteiger partial charge on any atom is 0.321 e. The average molecular weight is 265 g/mol. The van der Waals surface area contributed by atoms with Gasteiger partial charge in [0.2, 0.25) is 0 Å². The standard InChI is InChI=1S/C9H13BrO4/c1-2-3-5-4-9(10,8(13)14)6(5)7(11)12/h5-6H,2-4H2,1H3,(H,11,12)(H,13,14). The van der Waals surface area contributed by atoms with E-state index in [1.165, 1.54) is 0 Å². The molecule has 2 N–H and O–H groups in total. The predicted molar refractivity (Wildman–Crippen MR) is 53.4 cm³/mol. The molecule has 0 aliphatic heterocycles. The van der Waals surface area contributed by atoms with Crippen molar-refractivity contribution in [1.29, 1.82) is 0 Å². The van der Waals surface area contributed by atoms with Gasteiger partial charge in [0.25, 0.3) is 0 Å². The average Bonchev–Trinajstić information content (AvgIpc) is 2.01. The van der Waals surface area contributed by atoms with Crippen LogP contribution in [0, 0.1) is 11.8 Å². The molecule has 3 unspecified atom stereocenters. The second-order valence-electron chi connectivity index (χ2n) is 3.74. The van der Waals surface area contributed by atoms with Gasteiger partial charge in [0, 0.05) is 0 Å². The number of aliphatic carboxylic acids is 2. The van der Waals surface area contributed by atoms with E-state index in [2.05, 4.69) is 15.9 Å². The van der Waals surface area contributed by atoms with Gasteiger partial charge in [0.1, 0.15) is 4.32 Å². The maximum atomic E-state index is 10.9. The number of hydrogen-bond acceptors (Lipinski definition) is 2. The van der Waals surface area contributed by atoms with Gasteiger partial charge in [-0.05, 0) is 18.8 Å². The molecule has 14 heavy (non-hydrogen) atoms. The van der Waals surface area contributed by atoms with Crippen molar-refractivity contribution in [2.24, 2.45) is 11.8 Å². The number of alkyl halides is 1. The quantitative estimate of drug-likeness (QED) is 0.759. The molecular weight excluding hydrogens is 252 g/mol. The summed E-state index contributed by atoms with van der Waals surface area (Å²) in [6.07, 6.45) is 2.07. The third-order valence-corrected chi connectivity index (χ3v) is 3.96. The van der Waals surface area contributed by atoms with E-state index in [1.807, 2.05) is 6.92 Å². The molecular formula is C9H13BrO4.